The number of rotatable bonds is 5. The molecule has 2 aromatic heterocycles. The van der Waals surface area contributed by atoms with Crippen molar-refractivity contribution < 1.29 is 4.42 Å². The predicted molar refractivity (Wildman–Crippen MR) is 109 cm³/mol. The maximum Gasteiger partial charge on any atom is 0.169 e. The lowest BCUT2D eigenvalue weighted by Gasteiger charge is -2.29. The number of hydrogen-bond acceptors (Lipinski definition) is 3. The van der Waals surface area contributed by atoms with Crippen molar-refractivity contribution in [2.45, 2.75) is 71.0 Å². The Balaban J connectivity index is 1.67. The quantitative estimate of drug-likeness (QED) is 0.751. The van der Waals surface area contributed by atoms with Crippen molar-refractivity contribution in [2.24, 2.45) is 0 Å². The van der Waals surface area contributed by atoms with Gasteiger partial charge in [-0.05, 0) is 55.7 Å². The van der Waals surface area contributed by atoms with Gasteiger partial charge in [0.1, 0.15) is 11.5 Å². The van der Waals surface area contributed by atoms with Gasteiger partial charge in [-0.3, -0.25) is 4.98 Å². The topological polar surface area (TPSA) is 41.3 Å². The minimum atomic E-state index is 0.484. The van der Waals surface area contributed by atoms with Crippen LogP contribution in [0.15, 0.2) is 41.1 Å². The van der Waals surface area contributed by atoms with Gasteiger partial charge >= 0.3 is 0 Å². The van der Waals surface area contributed by atoms with E-state index in [0.717, 1.165) is 28.7 Å². The minimum Gasteiger partial charge on any atom is -0.464 e. The van der Waals surface area contributed by atoms with Crippen LogP contribution < -0.4 is 5.32 Å². The Morgan fingerprint density at radius 3 is 2.58 bits per heavy atom. The summed E-state index contributed by atoms with van der Waals surface area (Å²) < 4.78 is 5.78. The molecule has 1 N–H and O–H groups in total. The van der Waals surface area contributed by atoms with Gasteiger partial charge in [0.15, 0.2) is 5.11 Å². The number of pyridine rings is 1. The van der Waals surface area contributed by atoms with Crippen molar-refractivity contribution >= 4 is 17.3 Å². The number of furan rings is 1. The van der Waals surface area contributed by atoms with Crippen LogP contribution >= 0.6 is 12.2 Å². The van der Waals surface area contributed by atoms with E-state index < -0.39 is 0 Å². The summed E-state index contributed by atoms with van der Waals surface area (Å²) in [5.41, 5.74) is 1.15. The van der Waals surface area contributed by atoms with Crippen LogP contribution in [-0.2, 0) is 13.1 Å². The molecule has 5 heteroatoms. The highest BCUT2D eigenvalue weighted by molar-refractivity contribution is 7.80. The molecule has 26 heavy (non-hydrogen) atoms. The lowest BCUT2D eigenvalue weighted by Crippen LogP contribution is -2.44. The largest absolute Gasteiger partial charge is 0.464 e. The molecule has 4 nitrogen and oxygen atoms in total. The summed E-state index contributed by atoms with van der Waals surface area (Å²) in [7, 11) is 0. The van der Waals surface area contributed by atoms with Gasteiger partial charge in [0.2, 0.25) is 0 Å². The lowest BCUT2D eigenvalue weighted by atomic mass is 9.97. The summed E-state index contributed by atoms with van der Waals surface area (Å²) in [6.45, 7) is 3.37. The third kappa shape index (κ3) is 5.84. The van der Waals surface area contributed by atoms with Crippen molar-refractivity contribution in [3.8, 4) is 0 Å². The van der Waals surface area contributed by atoms with Crippen molar-refractivity contribution in [1.29, 1.82) is 0 Å². The van der Waals surface area contributed by atoms with E-state index in [-0.39, 0.29) is 0 Å². The summed E-state index contributed by atoms with van der Waals surface area (Å²) >= 11 is 5.79. The maximum absolute atomic E-state index is 5.79. The third-order valence-electron chi connectivity index (χ3n) is 4.96. The summed E-state index contributed by atoms with van der Waals surface area (Å²) in [5, 5.41) is 4.44. The molecule has 0 saturated heterocycles. The van der Waals surface area contributed by atoms with Gasteiger partial charge in [-0.2, -0.15) is 0 Å². The average Bonchev–Trinajstić information content (AvgIpc) is 3.02. The number of thiocarbonyl (C=S) groups is 1. The number of aryl methyl sites for hydroxylation is 1. The fourth-order valence-electron chi connectivity index (χ4n) is 3.54. The molecule has 0 bridgehead atoms. The van der Waals surface area contributed by atoms with Crippen LogP contribution in [0.3, 0.4) is 0 Å². The van der Waals surface area contributed by atoms with Crippen LogP contribution in [0.4, 0.5) is 0 Å². The molecule has 1 saturated carbocycles. The molecule has 0 amide bonds. The molecule has 1 aliphatic carbocycles. The number of hydrogen-bond donors (Lipinski definition) is 1. The van der Waals surface area contributed by atoms with E-state index in [1.165, 1.54) is 44.9 Å². The molecule has 1 fully saturated rings. The van der Waals surface area contributed by atoms with E-state index in [0.29, 0.717) is 12.6 Å². The standard InChI is InChI=1S/C21H29N3OS/c1-17-11-12-20(25-17)16-24(15-18-8-7-13-22-14-18)21(26)23-19-9-5-3-2-4-6-10-19/h7-8,11-14,19H,2-6,9-10,15-16H2,1H3,(H,23,26). The zero-order valence-corrected chi connectivity index (χ0v) is 16.4. The molecule has 0 aromatic carbocycles. The highest BCUT2D eigenvalue weighted by Gasteiger charge is 2.18. The van der Waals surface area contributed by atoms with Gasteiger partial charge < -0.3 is 14.6 Å². The molecule has 1 aliphatic rings. The predicted octanol–water partition coefficient (Wildman–Crippen LogP) is 4.97. The Morgan fingerprint density at radius 2 is 1.92 bits per heavy atom. The van der Waals surface area contributed by atoms with Crippen molar-refractivity contribution in [1.82, 2.24) is 15.2 Å². The summed E-state index contributed by atoms with van der Waals surface area (Å²) in [6.07, 6.45) is 12.8. The zero-order chi connectivity index (χ0) is 18.2. The van der Waals surface area contributed by atoms with Gasteiger partial charge in [0.05, 0.1) is 6.54 Å². The molecule has 2 aromatic rings. The fraction of sp³-hybridized carbons (Fsp3) is 0.524. The Labute approximate surface area is 162 Å². The molecular weight excluding hydrogens is 342 g/mol. The van der Waals surface area contributed by atoms with Gasteiger partial charge in [-0.1, -0.05) is 38.2 Å². The molecule has 0 aliphatic heterocycles. The van der Waals surface area contributed by atoms with Crippen LogP contribution in [0.2, 0.25) is 0 Å². The Kier molecular flexibility index (Phi) is 7.06. The number of aromatic nitrogens is 1. The van der Waals surface area contributed by atoms with Gasteiger partial charge in [0, 0.05) is 25.0 Å². The summed E-state index contributed by atoms with van der Waals surface area (Å²) in [4.78, 5) is 6.42. The average molecular weight is 372 g/mol. The molecule has 140 valence electrons. The fourth-order valence-corrected chi connectivity index (χ4v) is 3.83. The Morgan fingerprint density at radius 1 is 1.15 bits per heavy atom. The molecule has 3 rings (SSSR count). The van der Waals surface area contributed by atoms with E-state index in [9.17, 15) is 0 Å². The van der Waals surface area contributed by atoms with Crippen LogP contribution in [0, 0.1) is 6.92 Å². The van der Waals surface area contributed by atoms with Crippen molar-refractivity contribution in [3.63, 3.8) is 0 Å². The molecule has 0 unspecified atom stereocenters. The van der Waals surface area contributed by atoms with Crippen molar-refractivity contribution in [3.05, 3.63) is 53.7 Å². The second-order valence-electron chi connectivity index (χ2n) is 7.22. The first-order chi connectivity index (χ1) is 12.7. The van der Waals surface area contributed by atoms with Crippen LogP contribution in [0.5, 0.6) is 0 Å². The maximum atomic E-state index is 5.79. The van der Waals surface area contributed by atoms with Gasteiger partial charge in [-0.25, -0.2) is 0 Å². The molecule has 0 atom stereocenters. The van der Waals surface area contributed by atoms with Crippen LogP contribution in [0.25, 0.3) is 0 Å². The summed E-state index contributed by atoms with van der Waals surface area (Å²) in [6, 6.07) is 8.58. The smallest absolute Gasteiger partial charge is 0.169 e. The first-order valence-corrected chi connectivity index (χ1v) is 10.1. The Bertz CT molecular complexity index is 678. The number of nitrogens with one attached hydrogen (secondary N) is 1. The normalized spacial score (nSPS) is 15.9. The first kappa shape index (κ1) is 18.9. The summed E-state index contributed by atoms with van der Waals surface area (Å²) in [5.74, 6) is 1.87. The number of nitrogens with zero attached hydrogens (tertiary/aromatic N) is 2. The molecule has 0 spiro atoms. The Hall–Kier alpha value is -1.88. The first-order valence-electron chi connectivity index (χ1n) is 9.70. The second kappa shape index (κ2) is 9.72. The SMILES string of the molecule is Cc1ccc(CN(Cc2cccnc2)C(=S)NC2CCCCCCC2)o1. The van der Waals surface area contributed by atoms with E-state index in [1.807, 2.05) is 31.3 Å². The van der Waals surface area contributed by atoms with Crippen LogP contribution in [0.1, 0.15) is 62.0 Å². The molecular formula is C21H29N3OS. The zero-order valence-electron chi connectivity index (χ0n) is 15.6. The molecule has 2 heterocycles. The van der Waals surface area contributed by atoms with Gasteiger partial charge in [0.25, 0.3) is 0 Å². The minimum absolute atomic E-state index is 0.484. The van der Waals surface area contributed by atoms with E-state index in [1.54, 1.807) is 6.20 Å². The van der Waals surface area contributed by atoms with Gasteiger partial charge in [-0.15, -0.1) is 0 Å². The lowest BCUT2D eigenvalue weighted by molar-refractivity contribution is 0.334. The highest BCUT2D eigenvalue weighted by Crippen LogP contribution is 2.18. The second-order valence-corrected chi connectivity index (χ2v) is 7.61. The van der Waals surface area contributed by atoms with E-state index >= 15 is 0 Å². The molecule has 0 radical (unpaired) electrons. The third-order valence-corrected chi connectivity index (χ3v) is 5.33. The monoisotopic (exact) mass is 371 g/mol. The van der Waals surface area contributed by atoms with E-state index in [2.05, 4.69) is 21.3 Å². The highest BCUT2D eigenvalue weighted by atomic mass is 32.1. The van der Waals surface area contributed by atoms with E-state index in [4.69, 9.17) is 16.6 Å². The van der Waals surface area contributed by atoms with Crippen molar-refractivity contribution in [2.75, 3.05) is 0 Å². The van der Waals surface area contributed by atoms with Crippen LogP contribution in [-0.4, -0.2) is 21.0 Å².